The fourth-order valence-corrected chi connectivity index (χ4v) is 3.15. The van der Waals surface area contributed by atoms with E-state index < -0.39 is 10.7 Å². The topological polar surface area (TPSA) is 55.6 Å². The molecule has 110 valence electrons. The molecule has 2 heterocycles. The van der Waals surface area contributed by atoms with Gasteiger partial charge in [-0.15, -0.1) is 11.3 Å². The minimum atomic E-state index is -0.597. The van der Waals surface area contributed by atoms with Crippen LogP contribution in [0.25, 0.3) is 0 Å². The molecule has 21 heavy (non-hydrogen) atoms. The highest BCUT2D eigenvalue weighted by Gasteiger charge is 2.25. The van der Waals surface area contributed by atoms with Crippen molar-refractivity contribution in [2.24, 2.45) is 0 Å². The van der Waals surface area contributed by atoms with Crippen molar-refractivity contribution in [3.8, 4) is 0 Å². The highest BCUT2D eigenvalue weighted by molar-refractivity contribution is 7.10. The van der Waals surface area contributed by atoms with Crippen LogP contribution in [0.15, 0.2) is 35.7 Å². The zero-order valence-corrected chi connectivity index (χ0v) is 11.9. The van der Waals surface area contributed by atoms with Crippen molar-refractivity contribution in [3.63, 3.8) is 0 Å². The standard InChI is InChI=1S/C14H13FN2O3S/c15-11-8-10(17(18)19)3-4-12(11)16-5-6-20-13(9-16)14-2-1-7-21-14/h1-4,7-8,13H,5-6,9H2. The lowest BCUT2D eigenvalue weighted by molar-refractivity contribution is -0.385. The number of nitro benzene ring substituents is 1. The smallest absolute Gasteiger partial charge is 0.272 e. The molecule has 0 amide bonds. The van der Waals surface area contributed by atoms with E-state index in [2.05, 4.69) is 0 Å². The van der Waals surface area contributed by atoms with Gasteiger partial charge in [0.05, 0.1) is 23.3 Å². The van der Waals surface area contributed by atoms with Crippen LogP contribution in [0.1, 0.15) is 11.0 Å². The van der Waals surface area contributed by atoms with E-state index >= 15 is 0 Å². The summed E-state index contributed by atoms with van der Waals surface area (Å²) in [5.74, 6) is -0.573. The Balaban J connectivity index is 1.82. The Morgan fingerprint density at radius 3 is 2.95 bits per heavy atom. The summed E-state index contributed by atoms with van der Waals surface area (Å²) in [5.41, 5.74) is 0.143. The number of morpholine rings is 1. The number of ether oxygens (including phenoxy) is 1. The minimum Gasteiger partial charge on any atom is -0.369 e. The quantitative estimate of drug-likeness (QED) is 0.644. The van der Waals surface area contributed by atoms with E-state index in [-0.39, 0.29) is 11.8 Å². The molecule has 0 saturated carbocycles. The SMILES string of the molecule is O=[N+]([O-])c1ccc(N2CCOC(c3cccs3)C2)c(F)c1. The summed E-state index contributed by atoms with van der Waals surface area (Å²) < 4.78 is 19.8. The maximum atomic E-state index is 14.1. The maximum absolute atomic E-state index is 14.1. The first kappa shape index (κ1) is 14.0. The molecular weight excluding hydrogens is 295 g/mol. The molecule has 5 nitrogen and oxygen atoms in total. The highest BCUT2D eigenvalue weighted by Crippen LogP contribution is 2.31. The van der Waals surface area contributed by atoms with Gasteiger partial charge in [-0.25, -0.2) is 4.39 Å². The normalized spacial score (nSPS) is 18.7. The number of hydrogen-bond acceptors (Lipinski definition) is 5. The fourth-order valence-electron chi connectivity index (χ4n) is 2.38. The molecule has 1 aromatic heterocycles. The number of benzene rings is 1. The van der Waals surface area contributed by atoms with Gasteiger partial charge in [-0.05, 0) is 17.5 Å². The molecule has 2 aromatic rings. The molecule has 1 fully saturated rings. The number of nitro groups is 1. The predicted octanol–water partition coefficient (Wildman–Crippen LogP) is 3.37. The third-order valence-electron chi connectivity index (χ3n) is 3.41. The zero-order chi connectivity index (χ0) is 14.8. The first-order valence-corrected chi connectivity index (χ1v) is 7.37. The summed E-state index contributed by atoms with van der Waals surface area (Å²) in [5, 5.41) is 12.6. The molecule has 1 aliphatic heterocycles. The van der Waals surface area contributed by atoms with E-state index in [4.69, 9.17) is 4.74 Å². The molecule has 1 unspecified atom stereocenters. The maximum Gasteiger partial charge on any atom is 0.272 e. The van der Waals surface area contributed by atoms with Crippen molar-refractivity contribution in [1.29, 1.82) is 0 Å². The van der Waals surface area contributed by atoms with Gasteiger partial charge in [-0.2, -0.15) is 0 Å². The number of non-ortho nitro benzene ring substituents is 1. The number of nitrogens with zero attached hydrogens (tertiary/aromatic N) is 2. The van der Waals surface area contributed by atoms with Crippen LogP contribution >= 0.6 is 11.3 Å². The van der Waals surface area contributed by atoms with Crippen molar-refractivity contribution in [2.45, 2.75) is 6.10 Å². The minimum absolute atomic E-state index is 0.0895. The monoisotopic (exact) mass is 308 g/mol. The Morgan fingerprint density at radius 2 is 2.29 bits per heavy atom. The number of thiophene rings is 1. The highest BCUT2D eigenvalue weighted by atomic mass is 32.1. The molecule has 0 N–H and O–H groups in total. The predicted molar refractivity (Wildman–Crippen MR) is 78.3 cm³/mol. The average Bonchev–Trinajstić information content (AvgIpc) is 3.01. The van der Waals surface area contributed by atoms with Gasteiger partial charge in [-0.3, -0.25) is 10.1 Å². The molecule has 1 aliphatic rings. The van der Waals surface area contributed by atoms with E-state index in [0.29, 0.717) is 25.4 Å². The molecule has 1 aromatic carbocycles. The van der Waals surface area contributed by atoms with Gasteiger partial charge >= 0.3 is 0 Å². The number of anilines is 1. The van der Waals surface area contributed by atoms with Crippen molar-refractivity contribution in [1.82, 2.24) is 0 Å². The van der Waals surface area contributed by atoms with Crippen LogP contribution in [0.5, 0.6) is 0 Å². The second-order valence-corrected chi connectivity index (χ2v) is 5.69. The lowest BCUT2D eigenvalue weighted by Gasteiger charge is -2.34. The fraction of sp³-hybridized carbons (Fsp3) is 0.286. The summed E-state index contributed by atoms with van der Waals surface area (Å²) in [6.07, 6.45) is -0.0895. The lowest BCUT2D eigenvalue weighted by Crippen LogP contribution is -2.38. The number of halogens is 1. The molecule has 0 spiro atoms. The second-order valence-electron chi connectivity index (χ2n) is 4.71. The summed E-state index contributed by atoms with van der Waals surface area (Å²) in [4.78, 5) is 13.0. The molecule has 1 saturated heterocycles. The molecule has 0 bridgehead atoms. The van der Waals surface area contributed by atoms with Crippen molar-refractivity contribution in [3.05, 3.63) is 56.5 Å². The van der Waals surface area contributed by atoms with Crippen LogP contribution in [0.3, 0.4) is 0 Å². The largest absolute Gasteiger partial charge is 0.369 e. The first-order chi connectivity index (χ1) is 10.1. The summed E-state index contributed by atoms with van der Waals surface area (Å²) in [6, 6.07) is 7.70. The van der Waals surface area contributed by atoms with Gasteiger partial charge in [0, 0.05) is 24.0 Å². The lowest BCUT2D eigenvalue weighted by atomic mass is 10.2. The summed E-state index contributed by atoms with van der Waals surface area (Å²) in [7, 11) is 0. The second kappa shape index (κ2) is 5.79. The van der Waals surface area contributed by atoms with Crippen LogP contribution in [0, 0.1) is 15.9 Å². The Morgan fingerprint density at radius 1 is 1.43 bits per heavy atom. The van der Waals surface area contributed by atoms with Crippen LogP contribution in [-0.2, 0) is 4.74 Å². The number of hydrogen-bond donors (Lipinski definition) is 0. The van der Waals surface area contributed by atoms with Crippen LogP contribution in [0.2, 0.25) is 0 Å². The van der Waals surface area contributed by atoms with Gasteiger partial charge in [0.25, 0.3) is 5.69 Å². The van der Waals surface area contributed by atoms with Gasteiger partial charge < -0.3 is 9.64 Å². The van der Waals surface area contributed by atoms with E-state index in [1.165, 1.54) is 12.1 Å². The van der Waals surface area contributed by atoms with Crippen molar-refractivity contribution < 1.29 is 14.1 Å². The molecule has 0 aliphatic carbocycles. The molecule has 3 rings (SSSR count). The van der Waals surface area contributed by atoms with Crippen molar-refractivity contribution in [2.75, 3.05) is 24.6 Å². The zero-order valence-electron chi connectivity index (χ0n) is 11.1. The van der Waals surface area contributed by atoms with E-state index in [9.17, 15) is 14.5 Å². The number of rotatable bonds is 3. The molecule has 7 heteroatoms. The van der Waals surface area contributed by atoms with E-state index in [0.717, 1.165) is 10.9 Å². The Bertz CT molecular complexity index is 648. The van der Waals surface area contributed by atoms with Crippen LogP contribution < -0.4 is 4.90 Å². The summed E-state index contributed by atoms with van der Waals surface area (Å²) >= 11 is 1.60. The van der Waals surface area contributed by atoms with Crippen LogP contribution in [0.4, 0.5) is 15.8 Å². The van der Waals surface area contributed by atoms with Gasteiger partial charge in [-0.1, -0.05) is 6.07 Å². The third-order valence-corrected chi connectivity index (χ3v) is 4.37. The van der Waals surface area contributed by atoms with E-state index in [1.807, 2.05) is 22.4 Å². The molecular formula is C14H13FN2O3S. The third kappa shape index (κ3) is 2.88. The van der Waals surface area contributed by atoms with E-state index in [1.54, 1.807) is 11.3 Å². The van der Waals surface area contributed by atoms with Gasteiger partial charge in [0.2, 0.25) is 0 Å². The van der Waals surface area contributed by atoms with Gasteiger partial charge in [0.15, 0.2) is 5.82 Å². The van der Waals surface area contributed by atoms with Gasteiger partial charge in [0.1, 0.15) is 6.10 Å². The molecule has 0 radical (unpaired) electrons. The average molecular weight is 308 g/mol. The Hall–Kier alpha value is -1.99. The summed E-state index contributed by atoms with van der Waals surface area (Å²) in [6.45, 7) is 1.60. The Labute approximate surface area is 124 Å². The Kier molecular flexibility index (Phi) is 3.85. The molecule has 1 atom stereocenters. The first-order valence-electron chi connectivity index (χ1n) is 6.49. The van der Waals surface area contributed by atoms with Crippen molar-refractivity contribution >= 4 is 22.7 Å². The van der Waals surface area contributed by atoms with Crippen LogP contribution in [-0.4, -0.2) is 24.6 Å².